The summed E-state index contributed by atoms with van der Waals surface area (Å²) in [6.07, 6.45) is 0.818. The van der Waals surface area contributed by atoms with E-state index in [1.165, 1.54) is 20.0 Å². The molecule has 3 N–H and O–H groups in total. The summed E-state index contributed by atoms with van der Waals surface area (Å²) in [5.74, 6) is -0.644. The second-order valence-corrected chi connectivity index (χ2v) is 7.44. The largest absolute Gasteiger partial charge is 0.399 e. The second kappa shape index (κ2) is 5.31. The fourth-order valence-corrected chi connectivity index (χ4v) is 3.85. The van der Waals surface area contributed by atoms with Crippen molar-refractivity contribution >= 4 is 15.7 Å². The van der Waals surface area contributed by atoms with Crippen LogP contribution in [0.25, 0.3) is 0 Å². The molecular formula is C13H19FN2O3S. The summed E-state index contributed by atoms with van der Waals surface area (Å²) >= 11 is 0. The molecule has 1 aromatic carbocycles. The lowest BCUT2D eigenvalue weighted by Gasteiger charge is -2.34. The van der Waals surface area contributed by atoms with E-state index in [0.29, 0.717) is 12.8 Å². The Labute approximate surface area is 118 Å². The highest BCUT2D eigenvalue weighted by molar-refractivity contribution is 7.89. The van der Waals surface area contributed by atoms with Crippen molar-refractivity contribution < 1.29 is 17.9 Å². The van der Waals surface area contributed by atoms with Crippen LogP contribution in [0.15, 0.2) is 17.0 Å². The number of sulfonamides is 1. The minimum absolute atomic E-state index is 0.120. The number of hydrogen-bond donors (Lipinski definition) is 2. The van der Waals surface area contributed by atoms with Gasteiger partial charge in [-0.25, -0.2) is 17.1 Å². The van der Waals surface area contributed by atoms with E-state index in [0.717, 1.165) is 10.4 Å². The van der Waals surface area contributed by atoms with Crippen LogP contribution in [-0.2, 0) is 10.0 Å². The third kappa shape index (κ3) is 2.79. The van der Waals surface area contributed by atoms with Crippen LogP contribution in [0, 0.1) is 18.7 Å². The van der Waals surface area contributed by atoms with Gasteiger partial charge in [0.1, 0.15) is 10.7 Å². The Morgan fingerprint density at radius 3 is 2.60 bits per heavy atom. The van der Waals surface area contributed by atoms with Gasteiger partial charge in [0, 0.05) is 19.3 Å². The average molecular weight is 302 g/mol. The molecule has 0 spiro atoms. The Kier molecular flexibility index (Phi) is 4.04. The van der Waals surface area contributed by atoms with Gasteiger partial charge in [-0.3, -0.25) is 0 Å². The molecule has 0 aliphatic heterocycles. The van der Waals surface area contributed by atoms with Gasteiger partial charge in [-0.2, -0.15) is 0 Å². The first-order valence-electron chi connectivity index (χ1n) is 6.42. The SMILES string of the molecule is Cc1cc(N)cc(S(=O)(=O)N(C)CC2CC(O)C2)c1F. The topological polar surface area (TPSA) is 83.6 Å². The van der Waals surface area contributed by atoms with Gasteiger partial charge in [0.05, 0.1) is 6.10 Å². The number of aliphatic hydroxyl groups is 1. The van der Waals surface area contributed by atoms with E-state index in [1.807, 2.05) is 0 Å². The van der Waals surface area contributed by atoms with Crippen molar-refractivity contribution in [2.45, 2.75) is 30.8 Å². The molecular weight excluding hydrogens is 283 g/mol. The van der Waals surface area contributed by atoms with Gasteiger partial charge in [-0.1, -0.05) is 0 Å². The normalized spacial score (nSPS) is 22.9. The summed E-state index contributed by atoms with van der Waals surface area (Å²) in [6, 6.07) is 2.54. The molecule has 0 unspecified atom stereocenters. The van der Waals surface area contributed by atoms with Crippen molar-refractivity contribution in [2.75, 3.05) is 19.3 Å². The summed E-state index contributed by atoms with van der Waals surface area (Å²) in [4.78, 5) is -0.391. The fraction of sp³-hybridized carbons (Fsp3) is 0.538. The van der Waals surface area contributed by atoms with Crippen LogP contribution >= 0.6 is 0 Å². The van der Waals surface area contributed by atoms with Crippen molar-refractivity contribution in [3.8, 4) is 0 Å². The summed E-state index contributed by atoms with van der Waals surface area (Å²) < 4.78 is 39.9. The number of nitrogens with two attached hydrogens (primary N) is 1. The van der Waals surface area contributed by atoms with Gasteiger partial charge >= 0.3 is 0 Å². The molecule has 1 aromatic rings. The molecule has 0 saturated heterocycles. The molecule has 5 nitrogen and oxygen atoms in total. The molecule has 1 aliphatic carbocycles. The van der Waals surface area contributed by atoms with E-state index in [2.05, 4.69) is 0 Å². The van der Waals surface area contributed by atoms with Gasteiger partial charge in [-0.15, -0.1) is 0 Å². The molecule has 2 rings (SSSR count). The first-order chi connectivity index (χ1) is 9.21. The number of nitrogens with zero attached hydrogens (tertiary/aromatic N) is 1. The first-order valence-corrected chi connectivity index (χ1v) is 7.86. The maximum absolute atomic E-state index is 14.0. The third-order valence-corrected chi connectivity index (χ3v) is 5.48. The smallest absolute Gasteiger partial charge is 0.245 e. The first kappa shape index (κ1) is 15.2. The fourth-order valence-electron chi connectivity index (χ4n) is 2.43. The van der Waals surface area contributed by atoms with Crippen LogP contribution in [0.1, 0.15) is 18.4 Å². The molecule has 0 radical (unpaired) electrons. The predicted octanol–water partition coefficient (Wildman–Crippen LogP) is 1.11. The number of anilines is 1. The monoisotopic (exact) mass is 302 g/mol. The van der Waals surface area contributed by atoms with Gasteiger partial charge < -0.3 is 10.8 Å². The van der Waals surface area contributed by atoms with E-state index in [1.54, 1.807) is 0 Å². The summed E-state index contributed by atoms with van der Waals surface area (Å²) in [7, 11) is -2.49. The lowest BCUT2D eigenvalue weighted by atomic mass is 9.82. The second-order valence-electron chi connectivity index (χ2n) is 5.43. The minimum Gasteiger partial charge on any atom is -0.399 e. The minimum atomic E-state index is -3.91. The van der Waals surface area contributed by atoms with Crippen LogP contribution in [0.4, 0.5) is 10.1 Å². The summed E-state index contributed by atoms with van der Waals surface area (Å²) in [5, 5.41) is 9.22. The number of hydrogen-bond acceptors (Lipinski definition) is 4. The quantitative estimate of drug-likeness (QED) is 0.816. The molecule has 1 saturated carbocycles. The van der Waals surface area contributed by atoms with Crippen molar-refractivity contribution in [3.05, 3.63) is 23.5 Å². The Balaban J connectivity index is 2.25. The zero-order chi connectivity index (χ0) is 15.1. The average Bonchev–Trinajstić information content (AvgIpc) is 2.31. The van der Waals surface area contributed by atoms with Gasteiger partial charge in [0.2, 0.25) is 10.0 Å². The molecule has 0 bridgehead atoms. The van der Waals surface area contributed by atoms with E-state index in [9.17, 15) is 17.9 Å². The zero-order valence-corrected chi connectivity index (χ0v) is 12.3. The highest BCUT2D eigenvalue weighted by Crippen LogP contribution is 2.30. The predicted molar refractivity (Wildman–Crippen MR) is 74.1 cm³/mol. The lowest BCUT2D eigenvalue weighted by molar-refractivity contribution is 0.0367. The number of rotatable bonds is 4. The lowest BCUT2D eigenvalue weighted by Crippen LogP contribution is -2.39. The van der Waals surface area contributed by atoms with E-state index < -0.39 is 20.7 Å². The van der Waals surface area contributed by atoms with Crippen molar-refractivity contribution in [1.29, 1.82) is 0 Å². The molecule has 112 valence electrons. The van der Waals surface area contributed by atoms with E-state index in [4.69, 9.17) is 5.73 Å². The Morgan fingerprint density at radius 1 is 1.45 bits per heavy atom. The molecule has 0 atom stereocenters. The summed E-state index contributed by atoms with van der Waals surface area (Å²) in [5.41, 5.74) is 6.02. The van der Waals surface area contributed by atoms with Crippen molar-refractivity contribution in [3.63, 3.8) is 0 Å². The van der Waals surface area contributed by atoms with Crippen LogP contribution < -0.4 is 5.73 Å². The molecule has 1 aliphatic rings. The van der Waals surface area contributed by atoms with E-state index >= 15 is 0 Å². The van der Waals surface area contributed by atoms with Crippen LogP contribution in [-0.4, -0.2) is 37.5 Å². The van der Waals surface area contributed by atoms with E-state index in [-0.39, 0.29) is 29.8 Å². The highest BCUT2D eigenvalue weighted by atomic mass is 32.2. The number of nitrogen functional groups attached to an aromatic ring is 1. The molecule has 0 amide bonds. The van der Waals surface area contributed by atoms with Crippen molar-refractivity contribution in [1.82, 2.24) is 4.31 Å². The molecule has 0 aromatic heterocycles. The Bertz CT molecular complexity index is 612. The Morgan fingerprint density at radius 2 is 2.05 bits per heavy atom. The molecule has 7 heteroatoms. The third-order valence-electron chi connectivity index (χ3n) is 3.66. The molecule has 20 heavy (non-hydrogen) atoms. The molecule has 0 heterocycles. The Hall–Kier alpha value is -1.18. The number of aryl methyl sites for hydroxylation is 1. The van der Waals surface area contributed by atoms with Gasteiger partial charge in [0.25, 0.3) is 0 Å². The van der Waals surface area contributed by atoms with Crippen LogP contribution in [0.5, 0.6) is 0 Å². The van der Waals surface area contributed by atoms with Crippen molar-refractivity contribution in [2.24, 2.45) is 5.92 Å². The number of aliphatic hydroxyl groups excluding tert-OH is 1. The summed E-state index contributed by atoms with van der Waals surface area (Å²) in [6.45, 7) is 1.75. The van der Waals surface area contributed by atoms with Crippen LogP contribution in [0.3, 0.4) is 0 Å². The maximum Gasteiger partial charge on any atom is 0.245 e. The van der Waals surface area contributed by atoms with Gasteiger partial charge in [0.15, 0.2) is 0 Å². The standard InChI is InChI=1S/C13H19FN2O3S/c1-8-3-10(15)6-12(13(8)14)20(18,19)16(2)7-9-4-11(17)5-9/h3,6,9,11,17H,4-5,7,15H2,1-2H3. The zero-order valence-electron chi connectivity index (χ0n) is 11.5. The maximum atomic E-state index is 14.0. The van der Waals surface area contributed by atoms with Gasteiger partial charge in [-0.05, 0) is 43.4 Å². The highest BCUT2D eigenvalue weighted by Gasteiger charge is 2.33. The number of halogens is 1. The van der Waals surface area contributed by atoms with Crippen LogP contribution in [0.2, 0.25) is 0 Å². The number of benzene rings is 1. The molecule has 1 fully saturated rings.